The summed E-state index contributed by atoms with van der Waals surface area (Å²) in [6.07, 6.45) is 1.44. The van der Waals surface area contributed by atoms with Gasteiger partial charge in [-0.05, 0) is 77.3 Å². The third-order valence-corrected chi connectivity index (χ3v) is 5.41. The van der Waals surface area contributed by atoms with Crippen LogP contribution in [0.25, 0.3) is 0 Å². The lowest BCUT2D eigenvalue weighted by molar-refractivity contribution is -0.146. The van der Waals surface area contributed by atoms with E-state index in [0.29, 0.717) is 27.0 Å². The summed E-state index contributed by atoms with van der Waals surface area (Å²) in [5.41, 5.74) is 2.74. The molecule has 0 saturated heterocycles. The summed E-state index contributed by atoms with van der Waals surface area (Å²) in [6, 6.07) is 13.7. The van der Waals surface area contributed by atoms with E-state index in [-0.39, 0.29) is 11.8 Å². The SMILES string of the molecule is COC(=O)COCC(=O)N(c1ccc(C#N)cc1)c1ncc(Br)c(Oc2c(C)cc(C#N)cc2C)n1. The summed E-state index contributed by atoms with van der Waals surface area (Å²) in [5.74, 6) is -0.567. The van der Waals surface area contributed by atoms with E-state index in [9.17, 15) is 14.9 Å². The Morgan fingerprint density at radius 1 is 1.03 bits per heavy atom. The third kappa shape index (κ3) is 6.21. The highest BCUT2D eigenvalue weighted by atomic mass is 79.9. The molecular weight excluding hydrogens is 530 g/mol. The van der Waals surface area contributed by atoms with Gasteiger partial charge in [0.15, 0.2) is 0 Å². The molecule has 3 rings (SSSR count). The molecule has 0 fully saturated rings. The molecule has 1 aromatic heterocycles. The van der Waals surface area contributed by atoms with Gasteiger partial charge in [0.05, 0.1) is 46.7 Å². The van der Waals surface area contributed by atoms with Crippen molar-refractivity contribution in [1.29, 1.82) is 10.5 Å². The van der Waals surface area contributed by atoms with Gasteiger partial charge in [0.2, 0.25) is 11.8 Å². The van der Waals surface area contributed by atoms with Gasteiger partial charge in [-0.3, -0.25) is 4.79 Å². The minimum absolute atomic E-state index is 0.0199. The number of methoxy groups -OCH3 is 1. The lowest BCUT2D eigenvalue weighted by atomic mass is 10.1. The van der Waals surface area contributed by atoms with E-state index >= 15 is 0 Å². The van der Waals surface area contributed by atoms with Crippen molar-refractivity contribution in [3.05, 3.63) is 69.3 Å². The van der Waals surface area contributed by atoms with Crippen LogP contribution in [0.4, 0.5) is 11.6 Å². The van der Waals surface area contributed by atoms with E-state index in [4.69, 9.17) is 14.7 Å². The molecule has 2 aromatic carbocycles. The molecule has 182 valence electrons. The smallest absolute Gasteiger partial charge is 0.331 e. The molecule has 0 aliphatic carbocycles. The third-order valence-electron chi connectivity index (χ3n) is 4.86. The van der Waals surface area contributed by atoms with Gasteiger partial charge in [-0.25, -0.2) is 14.7 Å². The van der Waals surface area contributed by atoms with Gasteiger partial charge in [-0.1, -0.05) is 0 Å². The van der Waals surface area contributed by atoms with Crippen LogP contribution in [0.5, 0.6) is 11.6 Å². The number of ether oxygens (including phenoxy) is 3. The minimum Gasteiger partial charge on any atom is -0.467 e. The Hall–Kier alpha value is -4.32. The maximum absolute atomic E-state index is 13.1. The highest BCUT2D eigenvalue weighted by Gasteiger charge is 2.23. The lowest BCUT2D eigenvalue weighted by Crippen LogP contribution is -2.32. The molecule has 1 amide bonds. The molecule has 0 N–H and O–H groups in total. The van der Waals surface area contributed by atoms with Crippen molar-refractivity contribution in [2.24, 2.45) is 0 Å². The zero-order chi connectivity index (χ0) is 26.2. The second kappa shape index (κ2) is 11.9. The number of nitrogens with zero attached hydrogens (tertiary/aromatic N) is 5. The molecule has 3 aromatic rings. The minimum atomic E-state index is -0.628. The molecule has 10 nitrogen and oxygen atoms in total. The molecule has 0 saturated carbocycles. The number of rotatable bonds is 8. The van der Waals surface area contributed by atoms with Gasteiger partial charge < -0.3 is 14.2 Å². The molecule has 0 aliphatic rings. The first-order valence-corrected chi connectivity index (χ1v) is 11.3. The summed E-state index contributed by atoms with van der Waals surface area (Å²) < 4.78 is 16.2. The van der Waals surface area contributed by atoms with Gasteiger partial charge >= 0.3 is 5.97 Å². The highest BCUT2D eigenvalue weighted by Crippen LogP contribution is 2.34. The molecule has 0 aliphatic heterocycles. The number of anilines is 2. The van der Waals surface area contributed by atoms with Crippen LogP contribution < -0.4 is 9.64 Å². The number of aryl methyl sites for hydroxylation is 2. The summed E-state index contributed by atoms with van der Waals surface area (Å²) in [6.45, 7) is 2.75. The first-order valence-electron chi connectivity index (χ1n) is 10.5. The Labute approximate surface area is 215 Å². The quantitative estimate of drug-likeness (QED) is 0.377. The normalized spacial score (nSPS) is 10.2. The Bertz CT molecular complexity index is 1360. The topological polar surface area (TPSA) is 138 Å². The van der Waals surface area contributed by atoms with Gasteiger partial charge in [0, 0.05) is 0 Å². The van der Waals surface area contributed by atoms with E-state index < -0.39 is 25.1 Å². The van der Waals surface area contributed by atoms with Crippen molar-refractivity contribution in [3.63, 3.8) is 0 Å². The number of amides is 1. The van der Waals surface area contributed by atoms with Crippen molar-refractivity contribution in [2.75, 3.05) is 25.2 Å². The zero-order valence-electron chi connectivity index (χ0n) is 19.6. The van der Waals surface area contributed by atoms with E-state index in [2.05, 4.69) is 36.7 Å². The van der Waals surface area contributed by atoms with Gasteiger partial charge in [-0.15, -0.1) is 0 Å². The van der Waals surface area contributed by atoms with Crippen molar-refractivity contribution in [2.45, 2.75) is 13.8 Å². The Morgan fingerprint density at radius 2 is 1.67 bits per heavy atom. The number of hydrogen-bond acceptors (Lipinski definition) is 9. The number of halogens is 1. The van der Waals surface area contributed by atoms with Crippen LogP contribution in [0.2, 0.25) is 0 Å². The van der Waals surface area contributed by atoms with Crippen LogP contribution in [-0.4, -0.2) is 42.2 Å². The molecule has 0 unspecified atom stereocenters. The molecule has 11 heteroatoms. The van der Waals surface area contributed by atoms with Gasteiger partial charge in [0.1, 0.15) is 19.0 Å². The number of nitriles is 2. The van der Waals surface area contributed by atoms with Gasteiger partial charge in [-0.2, -0.15) is 15.5 Å². The average molecular weight is 550 g/mol. The molecule has 0 spiro atoms. The predicted octanol–water partition coefficient (Wildman–Crippen LogP) is 4.25. The van der Waals surface area contributed by atoms with Crippen LogP contribution in [0.15, 0.2) is 47.1 Å². The zero-order valence-corrected chi connectivity index (χ0v) is 21.2. The highest BCUT2D eigenvalue weighted by molar-refractivity contribution is 9.10. The maximum atomic E-state index is 13.1. The van der Waals surface area contributed by atoms with Crippen molar-refractivity contribution in [1.82, 2.24) is 9.97 Å². The average Bonchev–Trinajstić information content (AvgIpc) is 2.88. The Balaban J connectivity index is 1.99. The van der Waals surface area contributed by atoms with Crippen LogP contribution in [-0.2, 0) is 19.1 Å². The fourth-order valence-electron chi connectivity index (χ4n) is 3.20. The summed E-state index contributed by atoms with van der Waals surface area (Å²) >= 11 is 3.37. The number of hydrogen-bond donors (Lipinski definition) is 0. The first kappa shape index (κ1) is 26.3. The van der Waals surface area contributed by atoms with Crippen LogP contribution in [0.1, 0.15) is 22.3 Å². The number of benzene rings is 2. The second-order valence-corrected chi connectivity index (χ2v) is 8.29. The van der Waals surface area contributed by atoms with Crippen molar-refractivity contribution in [3.8, 4) is 23.8 Å². The largest absolute Gasteiger partial charge is 0.467 e. The molecule has 36 heavy (non-hydrogen) atoms. The second-order valence-electron chi connectivity index (χ2n) is 7.43. The molecular formula is C25H20BrN5O5. The number of aromatic nitrogens is 2. The Morgan fingerprint density at radius 3 is 2.25 bits per heavy atom. The molecule has 0 atom stereocenters. The molecule has 0 radical (unpaired) electrons. The van der Waals surface area contributed by atoms with Crippen LogP contribution in [0, 0.1) is 36.5 Å². The summed E-state index contributed by atoms with van der Waals surface area (Å²) in [4.78, 5) is 34.4. The first-order chi connectivity index (χ1) is 17.3. The van der Waals surface area contributed by atoms with Crippen LogP contribution >= 0.6 is 15.9 Å². The summed E-state index contributed by atoms with van der Waals surface area (Å²) in [7, 11) is 1.21. The van der Waals surface area contributed by atoms with Crippen molar-refractivity contribution >= 4 is 39.4 Å². The van der Waals surface area contributed by atoms with Crippen molar-refractivity contribution < 1.29 is 23.8 Å². The van der Waals surface area contributed by atoms with Gasteiger partial charge in [0.25, 0.3) is 5.91 Å². The standard InChI is InChI=1S/C25H20BrN5O5/c1-15-8-18(11-28)9-16(2)23(15)36-24-20(26)12-29-25(30-24)31(19-6-4-17(10-27)5-7-19)21(32)13-35-14-22(33)34-3/h4-9,12H,13-14H2,1-3H3. The lowest BCUT2D eigenvalue weighted by Gasteiger charge is -2.22. The fraction of sp³-hybridized carbons (Fsp3) is 0.200. The van der Waals surface area contributed by atoms with Crippen LogP contribution in [0.3, 0.4) is 0 Å². The fourth-order valence-corrected chi connectivity index (χ4v) is 3.47. The predicted molar refractivity (Wildman–Crippen MR) is 132 cm³/mol. The monoisotopic (exact) mass is 549 g/mol. The Kier molecular flexibility index (Phi) is 8.68. The number of carbonyl (C=O) groups is 2. The van der Waals surface area contributed by atoms with E-state index in [1.807, 2.05) is 19.9 Å². The number of carbonyl (C=O) groups excluding carboxylic acids is 2. The molecule has 0 bridgehead atoms. The summed E-state index contributed by atoms with van der Waals surface area (Å²) in [5, 5.41) is 18.3. The maximum Gasteiger partial charge on any atom is 0.331 e. The molecule has 1 heterocycles. The van der Waals surface area contributed by atoms with E-state index in [0.717, 1.165) is 11.1 Å². The van der Waals surface area contributed by atoms with E-state index in [1.54, 1.807) is 36.4 Å². The number of esters is 1. The van der Waals surface area contributed by atoms with E-state index in [1.165, 1.54) is 18.2 Å².